The van der Waals surface area contributed by atoms with Gasteiger partial charge in [0.2, 0.25) is 0 Å². The molecule has 2 aromatic heterocycles. The second-order valence-corrected chi connectivity index (χ2v) is 10.7. The molecule has 2 aromatic carbocycles. The largest absolute Gasteiger partial charge is 0.272 e. The Morgan fingerprint density at radius 3 is 2.65 bits per heavy atom. The van der Waals surface area contributed by atoms with E-state index in [1.165, 1.54) is 35.0 Å². The third kappa shape index (κ3) is 5.32. The lowest BCUT2D eigenvalue weighted by Gasteiger charge is -2.13. The average molecular weight is 534 g/mol. The molecule has 9 nitrogen and oxygen atoms in total. The van der Waals surface area contributed by atoms with Crippen molar-refractivity contribution in [1.29, 1.82) is 0 Å². The van der Waals surface area contributed by atoms with Gasteiger partial charge in [0.1, 0.15) is 4.83 Å². The minimum absolute atomic E-state index is 0.00645. The van der Waals surface area contributed by atoms with E-state index >= 15 is 0 Å². The summed E-state index contributed by atoms with van der Waals surface area (Å²) < 4.78 is 1.60. The number of carbonyl (C=O) groups is 1. The van der Waals surface area contributed by atoms with Crippen molar-refractivity contribution in [2.24, 2.45) is 5.10 Å². The highest BCUT2D eigenvalue weighted by atomic mass is 32.2. The number of aromatic nitrogens is 2. The molecule has 0 spiro atoms. The number of hydrogen-bond donors (Lipinski definition) is 1. The van der Waals surface area contributed by atoms with Gasteiger partial charge in [-0.25, -0.2) is 10.4 Å². The molecule has 0 radical (unpaired) electrons. The number of nitrogens with zero attached hydrogens (tertiary/aromatic N) is 4. The lowest BCUT2D eigenvalue weighted by Crippen LogP contribution is -2.24. The van der Waals surface area contributed by atoms with Crippen molar-refractivity contribution < 1.29 is 9.72 Å². The number of thiophene rings is 1. The van der Waals surface area contributed by atoms with Crippen LogP contribution in [0.5, 0.6) is 0 Å². The monoisotopic (exact) mass is 533 g/mol. The molecule has 188 valence electrons. The Labute approximate surface area is 220 Å². The zero-order valence-corrected chi connectivity index (χ0v) is 21.6. The van der Waals surface area contributed by atoms with Crippen molar-refractivity contribution in [3.8, 4) is 5.69 Å². The summed E-state index contributed by atoms with van der Waals surface area (Å²) in [6, 6.07) is 13.5. The van der Waals surface area contributed by atoms with E-state index in [9.17, 15) is 19.7 Å². The van der Waals surface area contributed by atoms with Gasteiger partial charge in [0.25, 0.3) is 17.2 Å². The SMILES string of the molecule is Cc1ccc(-n2c(SCC(=O)N/N=C/c3ccc([N+](=O)[O-])cc3)nc3sc4c(c3c2=O)CCCC4)cc1. The standard InChI is InChI=1S/C26H23N5O4S2/c1-16-6-10-18(11-7-16)30-25(33)23-20-4-2-3-5-21(20)37-24(23)28-26(30)36-15-22(32)29-27-14-17-8-12-19(13-9-17)31(34)35/h6-14H,2-5,15H2,1H3,(H,29,32)/b27-14+. The van der Waals surface area contributed by atoms with Crippen LogP contribution in [-0.2, 0) is 17.6 Å². The fourth-order valence-electron chi connectivity index (χ4n) is 4.23. The van der Waals surface area contributed by atoms with E-state index in [1.54, 1.807) is 28.0 Å². The second kappa shape index (κ2) is 10.7. The predicted molar refractivity (Wildman–Crippen MR) is 146 cm³/mol. The lowest BCUT2D eigenvalue weighted by molar-refractivity contribution is -0.384. The molecule has 11 heteroatoms. The molecule has 0 saturated heterocycles. The first-order chi connectivity index (χ1) is 17.9. The number of hydrazone groups is 1. The fraction of sp³-hybridized carbons (Fsp3) is 0.231. The van der Waals surface area contributed by atoms with Gasteiger partial charge in [0.05, 0.1) is 28.0 Å². The van der Waals surface area contributed by atoms with Gasteiger partial charge in [-0.3, -0.25) is 24.3 Å². The highest BCUT2D eigenvalue weighted by Crippen LogP contribution is 2.35. The summed E-state index contributed by atoms with van der Waals surface area (Å²) in [7, 11) is 0. The van der Waals surface area contributed by atoms with E-state index in [0.717, 1.165) is 41.6 Å². The molecule has 4 aromatic rings. The van der Waals surface area contributed by atoms with Crippen LogP contribution in [0, 0.1) is 17.0 Å². The lowest BCUT2D eigenvalue weighted by atomic mass is 9.97. The van der Waals surface area contributed by atoms with Gasteiger partial charge in [0.15, 0.2) is 5.16 Å². The number of nitro groups is 1. The van der Waals surface area contributed by atoms with Crippen LogP contribution in [-0.4, -0.2) is 32.3 Å². The summed E-state index contributed by atoms with van der Waals surface area (Å²) in [5.74, 6) is -0.356. The van der Waals surface area contributed by atoms with Crippen LogP contribution in [0.15, 0.2) is 63.6 Å². The van der Waals surface area contributed by atoms with Gasteiger partial charge in [-0.15, -0.1) is 11.3 Å². The summed E-state index contributed by atoms with van der Waals surface area (Å²) >= 11 is 2.76. The van der Waals surface area contributed by atoms with Crippen LogP contribution < -0.4 is 11.0 Å². The van der Waals surface area contributed by atoms with E-state index in [1.807, 2.05) is 31.2 Å². The van der Waals surface area contributed by atoms with Gasteiger partial charge < -0.3 is 0 Å². The molecule has 0 atom stereocenters. The molecule has 5 rings (SSSR count). The third-order valence-electron chi connectivity index (χ3n) is 6.09. The van der Waals surface area contributed by atoms with Crippen molar-refractivity contribution in [1.82, 2.24) is 15.0 Å². The molecule has 37 heavy (non-hydrogen) atoms. The summed E-state index contributed by atoms with van der Waals surface area (Å²) in [5, 5.41) is 15.9. The number of amides is 1. The fourth-order valence-corrected chi connectivity index (χ4v) is 6.34. The topological polar surface area (TPSA) is 119 Å². The summed E-state index contributed by atoms with van der Waals surface area (Å²) in [5.41, 5.74) is 5.86. The van der Waals surface area contributed by atoms with Crippen LogP contribution in [0.1, 0.15) is 34.4 Å². The highest BCUT2D eigenvalue weighted by Gasteiger charge is 2.23. The summed E-state index contributed by atoms with van der Waals surface area (Å²) in [6.07, 6.45) is 5.46. The summed E-state index contributed by atoms with van der Waals surface area (Å²) in [6.45, 7) is 1.99. The quantitative estimate of drug-likeness (QED) is 0.120. The molecule has 0 saturated carbocycles. The molecule has 2 heterocycles. The Hall–Kier alpha value is -3.83. The smallest absolute Gasteiger partial charge is 0.269 e. The van der Waals surface area contributed by atoms with Gasteiger partial charge in [0, 0.05) is 17.0 Å². The Morgan fingerprint density at radius 2 is 1.92 bits per heavy atom. The maximum Gasteiger partial charge on any atom is 0.269 e. The number of nitro benzene ring substituents is 1. The Bertz CT molecular complexity index is 1570. The Balaban J connectivity index is 1.38. The molecule has 1 N–H and O–H groups in total. The predicted octanol–water partition coefficient (Wildman–Crippen LogP) is 4.79. The maximum absolute atomic E-state index is 13.8. The minimum Gasteiger partial charge on any atom is -0.272 e. The molecular formula is C26H23N5O4S2. The molecule has 1 aliphatic rings. The van der Waals surface area contributed by atoms with E-state index < -0.39 is 4.92 Å². The van der Waals surface area contributed by atoms with Crippen LogP contribution in [0.2, 0.25) is 0 Å². The number of hydrogen-bond acceptors (Lipinski definition) is 8. The number of aryl methyl sites for hydroxylation is 3. The van der Waals surface area contributed by atoms with Crippen molar-refractivity contribution >= 4 is 51.1 Å². The van der Waals surface area contributed by atoms with Crippen molar-refractivity contribution in [3.05, 3.63) is 90.6 Å². The van der Waals surface area contributed by atoms with Gasteiger partial charge >= 0.3 is 0 Å². The highest BCUT2D eigenvalue weighted by molar-refractivity contribution is 7.99. The van der Waals surface area contributed by atoms with Gasteiger partial charge in [-0.2, -0.15) is 5.10 Å². The normalized spacial score (nSPS) is 13.1. The minimum atomic E-state index is -0.479. The molecular weight excluding hydrogens is 510 g/mol. The molecule has 0 aliphatic heterocycles. The third-order valence-corrected chi connectivity index (χ3v) is 8.21. The zero-order chi connectivity index (χ0) is 25.9. The van der Waals surface area contributed by atoms with E-state index in [-0.39, 0.29) is 22.9 Å². The first-order valence-corrected chi connectivity index (χ1v) is 13.5. The van der Waals surface area contributed by atoms with E-state index in [0.29, 0.717) is 21.8 Å². The summed E-state index contributed by atoms with van der Waals surface area (Å²) in [4.78, 5) is 43.3. The van der Waals surface area contributed by atoms with Crippen molar-refractivity contribution in [3.63, 3.8) is 0 Å². The Kier molecular flexibility index (Phi) is 7.15. The maximum atomic E-state index is 13.8. The number of fused-ring (bicyclic) bond motifs is 3. The van der Waals surface area contributed by atoms with Gasteiger partial charge in [-0.1, -0.05) is 29.5 Å². The average Bonchev–Trinajstić information content (AvgIpc) is 3.27. The number of rotatable bonds is 7. The van der Waals surface area contributed by atoms with Crippen LogP contribution in [0.25, 0.3) is 15.9 Å². The van der Waals surface area contributed by atoms with Gasteiger partial charge in [-0.05, 0) is 68.0 Å². The van der Waals surface area contributed by atoms with Crippen molar-refractivity contribution in [2.75, 3.05) is 5.75 Å². The molecule has 0 unspecified atom stereocenters. The van der Waals surface area contributed by atoms with Crippen molar-refractivity contribution in [2.45, 2.75) is 37.8 Å². The first-order valence-electron chi connectivity index (χ1n) is 11.7. The number of carbonyl (C=O) groups excluding carboxylic acids is 1. The number of benzene rings is 2. The number of thioether (sulfide) groups is 1. The molecule has 1 amide bonds. The molecule has 0 bridgehead atoms. The second-order valence-electron chi connectivity index (χ2n) is 8.69. The first kappa shape index (κ1) is 24.8. The van der Waals surface area contributed by atoms with Crippen LogP contribution >= 0.6 is 23.1 Å². The molecule has 1 aliphatic carbocycles. The number of nitrogens with one attached hydrogen (secondary N) is 1. The number of non-ortho nitro benzene ring substituents is 1. The van der Waals surface area contributed by atoms with E-state index in [4.69, 9.17) is 4.98 Å². The van der Waals surface area contributed by atoms with E-state index in [2.05, 4.69) is 10.5 Å². The molecule has 0 fully saturated rings. The Morgan fingerprint density at radius 1 is 1.19 bits per heavy atom. The zero-order valence-electron chi connectivity index (χ0n) is 20.0. The van der Waals surface area contributed by atoms with Crippen LogP contribution in [0.4, 0.5) is 5.69 Å². The van der Waals surface area contributed by atoms with Crippen LogP contribution in [0.3, 0.4) is 0 Å².